The zero-order valence-electron chi connectivity index (χ0n) is 17.1. The summed E-state index contributed by atoms with van der Waals surface area (Å²) in [5, 5.41) is 14.6. The van der Waals surface area contributed by atoms with Gasteiger partial charge < -0.3 is 15.2 Å². The van der Waals surface area contributed by atoms with Gasteiger partial charge in [0.25, 0.3) is 0 Å². The molecular formula is C25H31NO2S. The van der Waals surface area contributed by atoms with E-state index >= 15 is 0 Å². The fourth-order valence-corrected chi connectivity index (χ4v) is 3.98. The van der Waals surface area contributed by atoms with Gasteiger partial charge in [0, 0.05) is 23.0 Å². The van der Waals surface area contributed by atoms with E-state index in [1.807, 2.05) is 6.92 Å². The molecule has 0 saturated heterocycles. The number of hydrogen-bond donors (Lipinski definition) is 2. The first-order chi connectivity index (χ1) is 14.3. The molecule has 2 N–H and O–H groups in total. The van der Waals surface area contributed by atoms with Crippen LogP contribution in [0, 0.1) is 0 Å². The first-order valence-electron chi connectivity index (χ1n) is 10.4. The number of hydrogen-bond acceptors (Lipinski definition) is 4. The van der Waals surface area contributed by atoms with E-state index in [2.05, 4.69) is 71.4 Å². The quantitative estimate of drug-likeness (QED) is 0.378. The Hall–Kier alpha value is -2.14. The summed E-state index contributed by atoms with van der Waals surface area (Å²) in [6, 6.07) is 21.4. The van der Waals surface area contributed by atoms with Gasteiger partial charge in [0.05, 0.1) is 13.2 Å². The van der Waals surface area contributed by atoms with Crippen molar-refractivity contribution < 1.29 is 9.84 Å². The summed E-state index contributed by atoms with van der Waals surface area (Å²) in [5.74, 6) is 0.953. The highest BCUT2D eigenvalue weighted by Crippen LogP contribution is 2.34. The molecule has 1 atom stereocenters. The summed E-state index contributed by atoms with van der Waals surface area (Å²) in [6.45, 7) is 3.60. The molecule has 0 saturated carbocycles. The second-order valence-electron chi connectivity index (χ2n) is 7.42. The standard InChI is InChI=1S/C25H31NO2S/c1-20(19-27)26-18-22-13-14-24(23(17-22)25-12-8-16-29-25)28-15-7-3-6-11-21-9-4-2-5-10-21/h2,4-5,8-10,12-14,16-17,20,26-27H,3,6-7,11,15,18-19H2,1H3. The topological polar surface area (TPSA) is 41.5 Å². The third kappa shape index (κ3) is 7.00. The lowest BCUT2D eigenvalue weighted by molar-refractivity contribution is 0.251. The van der Waals surface area contributed by atoms with Crippen molar-refractivity contribution in [2.45, 2.75) is 45.2 Å². The summed E-state index contributed by atoms with van der Waals surface area (Å²) in [6.07, 6.45) is 4.56. The Labute approximate surface area is 178 Å². The van der Waals surface area contributed by atoms with Crippen molar-refractivity contribution in [3.8, 4) is 16.2 Å². The smallest absolute Gasteiger partial charge is 0.127 e. The first kappa shape index (κ1) is 21.6. The Balaban J connectivity index is 1.52. The molecular weight excluding hydrogens is 378 g/mol. The third-order valence-corrected chi connectivity index (χ3v) is 5.87. The first-order valence-corrected chi connectivity index (χ1v) is 11.3. The van der Waals surface area contributed by atoms with Gasteiger partial charge in [-0.05, 0) is 67.3 Å². The molecule has 3 rings (SSSR count). The van der Waals surface area contributed by atoms with Gasteiger partial charge in [-0.15, -0.1) is 11.3 Å². The van der Waals surface area contributed by atoms with Gasteiger partial charge >= 0.3 is 0 Å². The van der Waals surface area contributed by atoms with Crippen molar-refractivity contribution in [3.63, 3.8) is 0 Å². The van der Waals surface area contributed by atoms with Crippen LogP contribution in [0.15, 0.2) is 66.0 Å². The van der Waals surface area contributed by atoms with Crippen LogP contribution in [0.5, 0.6) is 5.75 Å². The maximum absolute atomic E-state index is 9.20. The Morgan fingerprint density at radius 3 is 2.59 bits per heavy atom. The number of thiophene rings is 1. The fraction of sp³-hybridized carbons (Fsp3) is 0.360. The number of ether oxygens (including phenoxy) is 1. The minimum atomic E-state index is 0.0898. The molecule has 0 spiro atoms. The molecule has 0 fully saturated rings. The van der Waals surface area contributed by atoms with Crippen LogP contribution < -0.4 is 10.1 Å². The van der Waals surface area contributed by atoms with E-state index in [1.54, 1.807) is 11.3 Å². The van der Waals surface area contributed by atoms with Crippen molar-refractivity contribution in [1.29, 1.82) is 0 Å². The molecule has 2 aromatic carbocycles. The van der Waals surface area contributed by atoms with E-state index in [4.69, 9.17) is 4.74 Å². The molecule has 0 radical (unpaired) electrons. The van der Waals surface area contributed by atoms with Crippen LogP contribution in [0.3, 0.4) is 0 Å². The van der Waals surface area contributed by atoms with Crippen LogP contribution in [-0.4, -0.2) is 24.4 Å². The molecule has 0 amide bonds. The van der Waals surface area contributed by atoms with Crippen LogP contribution >= 0.6 is 11.3 Å². The van der Waals surface area contributed by atoms with E-state index in [-0.39, 0.29) is 12.6 Å². The molecule has 3 nitrogen and oxygen atoms in total. The molecule has 1 unspecified atom stereocenters. The number of rotatable bonds is 12. The third-order valence-electron chi connectivity index (χ3n) is 4.97. The highest BCUT2D eigenvalue weighted by Gasteiger charge is 2.10. The molecule has 154 valence electrons. The van der Waals surface area contributed by atoms with E-state index in [0.717, 1.165) is 37.3 Å². The minimum Gasteiger partial charge on any atom is -0.493 e. The maximum atomic E-state index is 9.20. The van der Waals surface area contributed by atoms with Crippen molar-refractivity contribution >= 4 is 11.3 Å². The number of aliphatic hydroxyl groups excluding tert-OH is 1. The number of nitrogens with one attached hydrogen (secondary N) is 1. The van der Waals surface area contributed by atoms with Gasteiger partial charge in [-0.3, -0.25) is 0 Å². The monoisotopic (exact) mass is 409 g/mol. The molecule has 0 aliphatic carbocycles. The lowest BCUT2D eigenvalue weighted by atomic mass is 10.1. The second-order valence-corrected chi connectivity index (χ2v) is 8.36. The van der Waals surface area contributed by atoms with Crippen molar-refractivity contribution in [3.05, 3.63) is 77.2 Å². The number of benzene rings is 2. The molecule has 0 bridgehead atoms. The Kier molecular flexibility index (Phi) is 8.75. The van der Waals surface area contributed by atoms with Gasteiger partial charge in [0.15, 0.2) is 0 Å². The molecule has 1 heterocycles. The summed E-state index contributed by atoms with van der Waals surface area (Å²) >= 11 is 1.73. The predicted octanol–water partition coefficient (Wildman–Crippen LogP) is 5.68. The zero-order valence-corrected chi connectivity index (χ0v) is 18.0. The van der Waals surface area contributed by atoms with E-state index in [9.17, 15) is 5.11 Å². The van der Waals surface area contributed by atoms with Crippen LogP contribution in [0.1, 0.15) is 37.3 Å². The molecule has 4 heteroatoms. The second kappa shape index (κ2) is 11.8. The largest absolute Gasteiger partial charge is 0.493 e. The Morgan fingerprint density at radius 1 is 0.966 bits per heavy atom. The average Bonchev–Trinajstić information content (AvgIpc) is 3.30. The average molecular weight is 410 g/mol. The van der Waals surface area contributed by atoms with Crippen LogP contribution in [0.2, 0.25) is 0 Å². The van der Waals surface area contributed by atoms with Crippen LogP contribution in [0.25, 0.3) is 10.4 Å². The maximum Gasteiger partial charge on any atom is 0.127 e. The normalized spacial score (nSPS) is 12.1. The van der Waals surface area contributed by atoms with Gasteiger partial charge in [0.1, 0.15) is 5.75 Å². The van der Waals surface area contributed by atoms with Crippen LogP contribution in [0.4, 0.5) is 0 Å². The lowest BCUT2D eigenvalue weighted by Crippen LogP contribution is -2.28. The summed E-state index contributed by atoms with van der Waals surface area (Å²) in [7, 11) is 0. The predicted molar refractivity (Wildman–Crippen MR) is 123 cm³/mol. The molecule has 29 heavy (non-hydrogen) atoms. The number of unbranched alkanes of at least 4 members (excludes halogenated alkanes) is 2. The van der Waals surface area contributed by atoms with E-state index in [1.165, 1.54) is 28.8 Å². The van der Waals surface area contributed by atoms with E-state index in [0.29, 0.717) is 0 Å². The molecule has 3 aromatic rings. The van der Waals surface area contributed by atoms with Gasteiger partial charge in [-0.1, -0.05) is 42.5 Å². The van der Waals surface area contributed by atoms with Crippen molar-refractivity contribution in [2.75, 3.05) is 13.2 Å². The van der Waals surface area contributed by atoms with Crippen molar-refractivity contribution in [1.82, 2.24) is 5.32 Å². The number of aliphatic hydroxyl groups is 1. The van der Waals surface area contributed by atoms with Crippen molar-refractivity contribution in [2.24, 2.45) is 0 Å². The van der Waals surface area contributed by atoms with E-state index < -0.39 is 0 Å². The summed E-state index contributed by atoms with van der Waals surface area (Å²) < 4.78 is 6.16. The SMILES string of the molecule is CC(CO)NCc1ccc(OCCCCCc2ccccc2)c(-c2cccs2)c1. The highest BCUT2D eigenvalue weighted by molar-refractivity contribution is 7.13. The van der Waals surface area contributed by atoms with Gasteiger partial charge in [-0.25, -0.2) is 0 Å². The minimum absolute atomic E-state index is 0.0898. The molecule has 1 aromatic heterocycles. The van der Waals surface area contributed by atoms with Gasteiger partial charge in [-0.2, -0.15) is 0 Å². The van der Waals surface area contributed by atoms with Crippen LogP contribution in [-0.2, 0) is 13.0 Å². The number of aryl methyl sites for hydroxylation is 1. The van der Waals surface area contributed by atoms with Gasteiger partial charge in [0.2, 0.25) is 0 Å². The summed E-state index contributed by atoms with van der Waals surface area (Å²) in [5.41, 5.74) is 3.76. The molecule has 0 aliphatic heterocycles. The summed E-state index contributed by atoms with van der Waals surface area (Å²) in [4.78, 5) is 1.22. The zero-order chi connectivity index (χ0) is 20.3. The Morgan fingerprint density at radius 2 is 1.83 bits per heavy atom. The highest BCUT2D eigenvalue weighted by atomic mass is 32.1. The fourth-order valence-electron chi connectivity index (χ4n) is 3.23. The Bertz CT molecular complexity index is 833. The molecule has 0 aliphatic rings. The lowest BCUT2D eigenvalue weighted by Gasteiger charge is -2.14.